The van der Waals surface area contributed by atoms with E-state index in [0.717, 1.165) is 38.8 Å². The van der Waals surface area contributed by atoms with E-state index in [4.69, 9.17) is 5.73 Å². The Morgan fingerprint density at radius 3 is 1.89 bits per heavy atom. The highest BCUT2D eigenvalue weighted by Gasteiger charge is 2.15. The Bertz CT molecular complexity index is 209. The fourth-order valence-electron chi connectivity index (χ4n) is 2.29. The van der Waals surface area contributed by atoms with Crippen molar-refractivity contribution in [1.82, 2.24) is 4.90 Å². The van der Waals surface area contributed by atoms with Crippen LogP contribution in [0.3, 0.4) is 0 Å². The summed E-state index contributed by atoms with van der Waals surface area (Å²) in [6.45, 7) is 8.33. The third-order valence-electron chi connectivity index (χ3n) is 3.51. The number of carbonyl (C=O) groups is 1. The van der Waals surface area contributed by atoms with E-state index in [0.29, 0.717) is 6.42 Å². The highest BCUT2D eigenvalue weighted by atomic mass is 16.2. The van der Waals surface area contributed by atoms with Crippen molar-refractivity contribution in [3.05, 3.63) is 0 Å². The van der Waals surface area contributed by atoms with Gasteiger partial charge in [0.25, 0.3) is 0 Å². The lowest BCUT2D eigenvalue weighted by molar-refractivity contribution is -0.131. The third kappa shape index (κ3) is 9.94. The minimum atomic E-state index is 0.0392. The normalized spacial score (nSPS) is 12.4. The Labute approximate surface area is 119 Å². The Hall–Kier alpha value is -0.570. The van der Waals surface area contributed by atoms with Crippen molar-refractivity contribution in [2.45, 2.75) is 84.6 Å². The van der Waals surface area contributed by atoms with Crippen molar-refractivity contribution in [1.29, 1.82) is 0 Å². The summed E-state index contributed by atoms with van der Waals surface area (Å²) in [4.78, 5) is 14.3. The maximum atomic E-state index is 12.3. The standard InChI is InChI=1S/C16H34N2O/c1-4-7-9-12-18(13-10-8-5-2)16(19)14-15(17)11-6-3/h15H,4-14,17H2,1-3H3. The van der Waals surface area contributed by atoms with Crippen LogP contribution < -0.4 is 5.73 Å². The number of hydrogen-bond donors (Lipinski definition) is 1. The number of unbranched alkanes of at least 4 members (excludes halogenated alkanes) is 4. The predicted octanol–water partition coefficient (Wildman–Crippen LogP) is 3.71. The maximum Gasteiger partial charge on any atom is 0.224 e. The summed E-state index contributed by atoms with van der Waals surface area (Å²) in [6.07, 6.45) is 9.58. The van der Waals surface area contributed by atoms with Gasteiger partial charge in [-0.1, -0.05) is 52.9 Å². The van der Waals surface area contributed by atoms with Crippen LogP contribution in [0.25, 0.3) is 0 Å². The van der Waals surface area contributed by atoms with Gasteiger partial charge >= 0.3 is 0 Å². The van der Waals surface area contributed by atoms with E-state index in [9.17, 15) is 4.79 Å². The van der Waals surface area contributed by atoms with Gasteiger partial charge in [0.1, 0.15) is 0 Å². The van der Waals surface area contributed by atoms with Gasteiger partial charge in [0.05, 0.1) is 0 Å². The molecule has 3 heteroatoms. The molecule has 0 aromatic carbocycles. The zero-order chi connectivity index (χ0) is 14.5. The average molecular weight is 270 g/mol. The van der Waals surface area contributed by atoms with Gasteiger partial charge in [-0.25, -0.2) is 0 Å². The van der Waals surface area contributed by atoms with Gasteiger partial charge in [-0.2, -0.15) is 0 Å². The second-order valence-corrected chi connectivity index (χ2v) is 5.55. The molecule has 0 spiro atoms. The smallest absolute Gasteiger partial charge is 0.224 e. The lowest BCUT2D eigenvalue weighted by Crippen LogP contribution is -2.37. The van der Waals surface area contributed by atoms with Gasteiger partial charge < -0.3 is 10.6 Å². The number of hydrogen-bond acceptors (Lipinski definition) is 2. The average Bonchev–Trinajstić information content (AvgIpc) is 2.37. The Morgan fingerprint density at radius 1 is 0.947 bits per heavy atom. The molecule has 0 aromatic heterocycles. The highest BCUT2D eigenvalue weighted by Crippen LogP contribution is 2.07. The number of amides is 1. The predicted molar refractivity (Wildman–Crippen MR) is 83.1 cm³/mol. The topological polar surface area (TPSA) is 46.3 Å². The van der Waals surface area contributed by atoms with Crippen molar-refractivity contribution >= 4 is 5.91 Å². The van der Waals surface area contributed by atoms with E-state index in [2.05, 4.69) is 20.8 Å². The molecule has 0 bridgehead atoms. The molecule has 1 amide bonds. The van der Waals surface area contributed by atoms with Gasteiger partial charge in [0.15, 0.2) is 0 Å². The van der Waals surface area contributed by atoms with Crippen LogP contribution in [0.15, 0.2) is 0 Å². The first kappa shape index (κ1) is 18.4. The van der Waals surface area contributed by atoms with Crippen LogP contribution in [0.1, 0.15) is 78.6 Å². The summed E-state index contributed by atoms with van der Waals surface area (Å²) < 4.78 is 0. The summed E-state index contributed by atoms with van der Waals surface area (Å²) in [6, 6.07) is 0.0392. The quantitative estimate of drug-likeness (QED) is 0.549. The molecule has 0 saturated carbocycles. The van der Waals surface area contributed by atoms with Gasteiger partial charge in [-0.05, 0) is 19.3 Å². The van der Waals surface area contributed by atoms with Crippen molar-refractivity contribution in [2.24, 2.45) is 5.73 Å². The fraction of sp³-hybridized carbons (Fsp3) is 0.938. The minimum absolute atomic E-state index is 0.0392. The van der Waals surface area contributed by atoms with Gasteiger partial charge in [-0.15, -0.1) is 0 Å². The van der Waals surface area contributed by atoms with E-state index >= 15 is 0 Å². The zero-order valence-corrected chi connectivity index (χ0v) is 13.3. The monoisotopic (exact) mass is 270 g/mol. The molecule has 0 aliphatic heterocycles. The molecule has 0 fully saturated rings. The summed E-state index contributed by atoms with van der Waals surface area (Å²) >= 11 is 0. The van der Waals surface area contributed by atoms with Crippen LogP contribution in [0.5, 0.6) is 0 Å². The molecular weight excluding hydrogens is 236 g/mol. The summed E-state index contributed by atoms with van der Waals surface area (Å²) in [5.74, 6) is 0.258. The van der Waals surface area contributed by atoms with E-state index in [1.54, 1.807) is 0 Å². The SMILES string of the molecule is CCCCCN(CCCCC)C(=O)CC(N)CCC. The van der Waals surface area contributed by atoms with Crippen molar-refractivity contribution in [2.75, 3.05) is 13.1 Å². The fourth-order valence-corrected chi connectivity index (χ4v) is 2.29. The third-order valence-corrected chi connectivity index (χ3v) is 3.51. The first-order valence-electron chi connectivity index (χ1n) is 8.18. The molecule has 1 atom stereocenters. The molecule has 0 heterocycles. The first-order chi connectivity index (χ1) is 9.15. The molecular formula is C16H34N2O. The Kier molecular flexibility index (Phi) is 12.1. The van der Waals surface area contributed by atoms with E-state index in [-0.39, 0.29) is 11.9 Å². The van der Waals surface area contributed by atoms with E-state index in [1.807, 2.05) is 4.90 Å². The molecule has 3 nitrogen and oxygen atoms in total. The van der Waals surface area contributed by atoms with Crippen LogP contribution in [0, 0.1) is 0 Å². The zero-order valence-electron chi connectivity index (χ0n) is 13.3. The molecule has 1 unspecified atom stereocenters. The Morgan fingerprint density at radius 2 is 1.47 bits per heavy atom. The Balaban J connectivity index is 4.15. The minimum Gasteiger partial charge on any atom is -0.343 e. The van der Waals surface area contributed by atoms with Gasteiger partial charge in [0, 0.05) is 25.6 Å². The molecule has 0 aliphatic carbocycles. The number of carbonyl (C=O) groups excluding carboxylic acids is 1. The van der Waals surface area contributed by atoms with Crippen molar-refractivity contribution in [3.63, 3.8) is 0 Å². The second-order valence-electron chi connectivity index (χ2n) is 5.55. The molecule has 0 aromatic rings. The van der Waals surface area contributed by atoms with Crippen LogP contribution in [0.4, 0.5) is 0 Å². The lowest BCUT2D eigenvalue weighted by atomic mass is 10.1. The molecule has 0 aliphatic rings. The second kappa shape index (κ2) is 12.5. The van der Waals surface area contributed by atoms with Crippen LogP contribution in [0.2, 0.25) is 0 Å². The van der Waals surface area contributed by atoms with E-state index in [1.165, 1.54) is 25.7 Å². The lowest BCUT2D eigenvalue weighted by Gasteiger charge is -2.24. The largest absolute Gasteiger partial charge is 0.343 e. The summed E-state index contributed by atoms with van der Waals surface area (Å²) in [7, 11) is 0. The molecule has 0 saturated heterocycles. The van der Waals surface area contributed by atoms with Crippen molar-refractivity contribution in [3.8, 4) is 0 Å². The number of rotatable bonds is 12. The molecule has 2 N–H and O–H groups in total. The molecule has 19 heavy (non-hydrogen) atoms. The van der Waals surface area contributed by atoms with Gasteiger partial charge in [-0.3, -0.25) is 4.79 Å². The van der Waals surface area contributed by atoms with Gasteiger partial charge in [0.2, 0.25) is 5.91 Å². The van der Waals surface area contributed by atoms with Crippen LogP contribution in [-0.2, 0) is 4.79 Å². The molecule has 114 valence electrons. The molecule has 0 rings (SSSR count). The first-order valence-corrected chi connectivity index (χ1v) is 8.18. The summed E-state index contributed by atoms with van der Waals surface area (Å²) in [5, 5.41) is 0. The molecule has 0 radical (unpaired) electrons. The van der Waals surface area contributed by atoms with Crippen LogP contribution in [-0.4, -0.2) is 29.9 Å². The number of nitrogens with two attached hydrogens (primary N) is 1. The highest BCUT2D eigenvalue weighted by molar-refractivity contribution is 5.76. The van der Waals surface area contributed by atoms with Crippen LogP contribution >= 0.6 is 0 Å². The van der Waals surface area contributed by atoms with Crippen molar-refractivity contribution < 1.29 is 4.79 Å². The maximum absolute atomic E-state index is 12.3. The summed E-state index contributed by atoms with van der Waals surface area (Å²) in [5.41, 5.74) is 5.99. The number of nitrogens with zero attached hydrogens (tertiary/aromatic N) is 1. The van der Waals surface area contributed by atoms with E-state index < -0.39 is 0 Å².